The molecule has 1 amide bonds. The fourth-order valence-electron chi connectivity index (χ4n) is 2.92. The Morgan fingerprint density at radius 3 is 2.41 bits per heavy atom. The Morgan fingerprint density at radius 2 is 1.78 bits per heavy atom. The van der Waals surface area contributed by atoms with Gasteiger partial charge in [0.15, 0.2) is 0 Å². The number of ether oxygens (including phenoxy) is 1. The van der Waals surface area contributed by atoms with E-state index in [2.05, 4.69) is 27.2 Å². The number of amides is 1. The van der Waals surface area contributed by atoms with Crippen LogP contribution in [0.4, 0.5) is 11.6 Å². The van der Waals surface area contributed by atoms with E-state index in [9.17, 15) is 4.79 Å². The molecule has 0 atom stereocenters. The maximum Gasteiger partial charge on any atom is 0.272 e. The lowest BCUT2D eigenvalue weighted by atomic mass is 10.2. The van der Waals surface area contributed by atoms with Crippen LogP contribution in [0.5, 0.6) is 5.75 Å². The topological polar surface area (TPSA) is 70.6 Å². The quantitative estimate of drug-likeness (QED) is 0.874. The van der Waals surface area contributed by atoms with Crippen molar-refractivity contribution in [2.45, 2.75) is 26.9 Å². The van der Waals surface area contributed by atoms with Crippen LogP contribution >= 0.6 is 0 Å². The van der Waals surface area contributed by atoms with Gasteiger partial charge in [-0.3, -0.25) is 4.79 Å². The van der Waals surface area contributed by atoms with Crippen LogP contribution < -0.4 is 10.1 Å². The van der Waals surface area contributed by atoms with Crippen LogP contribution in [0, 0.1) is 6.92 Å². The van der Waals surface area contributed by atoms with Crippen molar-refractivity contribution in [1.82, 2.24) is 19.8 Å². The highest BCUT2D eigenvalue weighted by Gasteiger charge is 2.22. The van der Waals surface area contributed by atoms with Gasteiger partial charge in [0.2, 0.25) is 5.95 Å². The van der Waals surface area contributed by atoms with Crippen LogP contribution in [0.2, 0.25) is 0 Å². The number of benzene rings is 1. The number of likely N-dealkylation sites (N-methyl/N-ethyl adjacent to an activating group) is 1. The molecule has 1 aliphatic rings. The van der Waals surface area contributed by atoms with Gasteiger partial charge in [-0.05, 0) is 58.2 Å². The highest BCUT2D eigenvalue weighted by atomic mass is 16.5. The fraction of sp³-hybridized carbons (Fsp3) is 0.450. The average Bonchev–Trinajstić information content (AvgIpc) is 2.62. The summed E-state index contributed by atoms with van der Waals surface area (Å²) in [6.07, 6.45) is 0.132. The average molecular weight is 369 g/mol. The molecule has 2 aromatic rings. The first kappa shape index (κ1) is 19.1. The molecule has 0 spiro atoms. The van der Waals surface area contributed by atoms with Gasteiger partial charge in [0, 0.05) is 37.6 Å². The number of nitrogens with one attached hydrogen (secondary N) is 1. The van der Waals surface area contributed by atoms with E-state index in [-0.39, 0.29) is 12.0 Å². The monoisotopic (exact) mass is 369 g/mol. The molecule has 1 fully saturated rings. The molecule has 1 saturated heterocycles. The molecule has 0 aliphatic carbocycles. The number of anilines is 2. The van der Waals surface area contributed by atoms with Crippen molar-refractivity contribution in [2.24, 2.45) is 0 Å². The molecule has 7 nitrogen and oxygen atoms in total. The summed E-state index contributed by atoms with van der Waals surface area (Å²) in [5.74, 6) is 1.19. The zero-order chi connectivity index (χ0) is 19.4. The summed E-state index contributed by atoms with van der Waals surface area (Å²) in [6, 6.07) is 9.35. The number of piperazine rings is 1. The number of carbonyl (C=O) groups is 1. The van der Waals surface area contributed by atoms with Crippen molar-refractivity contribution in [3.05, 3.63) is 41.7 Å². The van der Waals surface area contributed by atoms with Crippen molar-refractivity contribution in [3.63, 3.8) is 0 Å². The first-order valence-corrected chi connectivity index (χ1v) is 9.28. The minimum Gasteiger partial charge on any atom is -0.491 e. The van der Waals surface area contributed by atoms with E-state index in [0.717, 1.165) is 43.3 Å². The Balaban J connectivity index is 1.72. The third kappa shape index (κ3) is 5.17. The summed E-state index contributed by atoms with van der Waals surface area (Å²) in [4.78, 5) is 25.7. The normalized spacial score (nSPS) is 15.1. The summed E-state index contributed by atoms with van der Waals surface area (Å²) >= 11 is 0. The summed E-state index contributed by atoms with van der Waals surface area (Å²) in [5.41, 5.74) is 2.02. The number of nitrogens with zero attached hydrogens (tertiary/aromatic N) is 4. The van der Waals surface area contributed by atoms with Crippen molar-refractivity contribution in [1.29, 1.82) is 0 Å². The minimum absolute atomic E-state index is 0.0441. The molecular formula is C20H27N5O2. The number of hydrogen-bond donors (Lipinski definition) is 1. The predicted octanol–water partition coefficient (Wildman–Crippen LogP) is 2.70. The minimum atomic E-state index is -0.0441. The molecule has 0 bridgehead atoms. The van der Waals surface area contributed by atoms with Crippen molar-refractivity contribution >= 4 is 17.5 Å². The smallest absolute Gasteiger partial charge is 0.272 e. The summed E-state index contributed by atoms with van der Waals surface area (Å²) in [7, 11) is 2.07. The number of aromatic nitrogens is 2. The molecule has 27 heavy (non-hydrogen) atoms. The van der Waals surface area contributed by atoms with Crippen LogP contribution in [0.1, 0.15) is 30.0 Å². The van der Waals surface area contributed by atoms with Gasteiger partial charge in [-0.1, -0.05) is 0 Å². The number of aryl methyl sites for hydroxylation is 1. The highest BCUT2D eigenvalue weighted by Crippen LogP contribution is 2.20. The standard InChI is InChI=1S/C20H27N5O2/c1-14(2)27-17-7-5-16(6-8-17)22-20-21-15(3)13-18(23-20)19(26)25-11-9-24(4)10-12-25/h5-8,13-14H,9-12H2,1-4H3,(H,21,22,23). The highest BCUT2D eigenvalue weighted by molar-refractivity contribution is 5.92. The molecule has 2 heterocycles. The van der Waals surface area contributed by atoms with E-state index in [0.29, 0.717) is 11.6 Å². The third-order valence-electron chi connectivity index (χ3n) is 4.35. The first-order valence-electron chi connectivity index (χ1n) is 9.28. The van der Waals surface area contributed by atoms with E-state index in [1.54, 1.807) is 6.07 Å². The molecule has 144 valence electrons. The molecule has 1 aliphatic heterocycles. The van der Waals surface area contributed by atoms with Gasteiger partial charge in [-0.15, -0.1) is 0 Å². The molecular weight excluding hydrogens is 342 g/mol. The van der Waals surface area contributed by atoms with E-state index in [4.69, 9.17) is 4.74 Å². The Bertz CT molecular complexity index is 783. The van der Waals surface area contributed by atoms with Crippen LogP contribution in [-0.2, 0) is 0 Å². The lowest BCUT2D eigenvalue weighted by Gasteiger charge is -2.32. The first-order chi connectivity index (χ1) is 12.9. The second-order valence-corrected chi connectivity index (χ2v) is 7.13. The van der Waals surface area contributed by atoms with Gasteiger partial charge in [-0.25, -0.2) is 9.97 Å². The zero-order valence-corrected chi connectivity index (χ0v) is 16.4. The van der Waals surface area contributed by atoms with Crippen molar-refractivity contribution < 1.29 is 9.53 Å². The maximum absolute atomic E-state index is 12.8. The lowest BCUT2D eigenvalue weighted by molar-refractivity contribution is 0.0658. The van der Waals surface area contributed by atoms with E-state index in [1.165, 1.54) is 0 Å². The van der Waals surface area contributed by atoms with Crippen LogP contribution in [-0.4, -0.2) is 65.0 Å². The van der Waals surface area contributed by atoms with E-state index < -0.39 is 0 Å². The van der Waals surface area contributed by atoms with Gasteiger partial charge in [-0.2, -0.15) is 0 Å². The van der Waals surface area contributed by atoms with E-state index in [1.807, 2.05) is 49.9 Å². The molecule has 1 aromatic carbocycles. The van der Waals surface area contributed by atoms with Gasteiger partial charge in [0.05, 0.1) is 6.10 Å². The molecule has 0 unspecified atom stereocenters. The molecule has 7 heteroatoms. The van der Waals surface area contributed by atoms with Gasteiger partial charge >= 0.3 is 0 Å². The summed E-state index contributed by atoms with van der Waals surface area (Å²) < 4.78 is 5.65. The Hall–Kier alpha value is -2.67. The molecule has 0 radical (unpaired) electrons. The second-order valence-electron chi connectivity index (χ2n) is 7.13. The largest absolute Gasteiger partial charge is 0.491 e. The molecule has 1 aromatic heterocycles. The van der Waals surface area contributed by atoms with Crippen molar-refractivity contribution in [3.8, 4) is 5.75 Å². The summed E-state index contributed by atoms with van der Waals surface area (Å²) in [6.45, 7) is 9.05. The maximum atomic E-state index is 12.8. The number of hydrogen-bond acceptors (Lipinski definition) is 6. The third-order valence-corrected chi connectivity index (χ3v) is 4.35. The van der Waals surface area contributed by atoms with Crippen LogP contribution in [0.3, 0.4) is 0 Å². The van der Waals surface area contributed by atoms with Crippen LogP contribution in [0.25, 0.3) is 0 Å². The number of carbonyl (C=O) groups excluding carboxylic acids is 1. The molecule has 0 saturated carbocycles. The SMILES string of the molecule is Cc1cc(C(=O)N2CCN(C)CC2)nc(Nc2ccc(OC(C)C)cc2)n1. The van der Waals surface area contributed by atoms with Gasteiger partial charge < -0.3 is 19.9 Å². The molecule has 1 N–H and O–H groups in total. The van der Waals surface area contributed by atoms with Crippen molar-refractivity contribution in [2.75, 3.05) is 38.5 Å². The lowest BCUT2D eigenvalue weighted by Crippen LogP contribution is -2.47. The fourth-order valence-corrected chi connectivity index (χ4v) is 2.92. The zero-order valence-electron chi connectivity index (χ0n) is 16.4. The predicted molar refractivity (Wildman–Crippen MR) is 106 cm³/mol. The Kier molecular flexibility index (Phi) is 5.91. The molecule has 3 rings (SSSR count). The van der Waals surface area contributed by atoms with Gasteiger partial charge in [0.25, 0.3) is 5.91 Å². The Morgan fingerprint density at radius 1 is 1.11 bits per heavy atom. The van der Waals surface area contributed by atoms with Crippen LogP contribution in [0.15, 0.2) is 30.3 Å². The summed E-state index contributed by atoms with van der Waals surface area (Å²) in [5, 5.41) is 3.17. The van der Waals surface area contributed by atoms with Gasteiger partial charge in [0.1, 0.15) is 11.4 Å². The number of rotatable bonds is 5. The Labute approximate surface area is 160 Å². The van der Waals surface area contributed by atoms with E-state index >= 15 is 0 Å². The second kappa shape index (κ2) is 8.35.